The van der Waals surface area contributed by atoms with Crippen molar-refractivity contribution in [1.82, 2.24) is 9.47 Å². The van der Waals surface area contributed by atoms with Crippen LogP contribution in [0.25, 0.3) is 10.9 Å². The lowest BCUT2D eigenvalue weighted by Gasteiger charge is -2.20. The zero-order valence-corrected chi connectivity index (χ0v) is 13.4. The number of nitrogens with two attached hydrogens (primary N) is 1. The van der Waals surface area contributed by atoms with E-state index in [0.717, 1.165) is 18.5 Å². The normalized spacial score (nSPS) is 10.9. The van der Waals surface area contributed by atoms with Gasteiger partial charge in [0.1, 0.15) is 5.56 Å². The Morgan fingerprint density at radius 2 is 1.91 bits per heavy atom. The number of fused-ring (bicyclic) bond motifs is 1. The lowest BCUT2D eigenvalue weighted by Crippen LogP contribution is -2.34. The van der Waals surface area contributed by atoms with Gasteiger partial charge in [-0.3, -0.25) is 9.59 Å². The smallest absolute Gasteiger partial charge is 0.259 e. The van der Waals surface area contributed by atoms with Crippen LogP contribution in [0.4, 0.5) is 5.69 Å². The molecule has 1 heterocycles. The minimum Gasteiger partial charge on any atom is -0.398 e. The van der Waals surface area contributed by atoms with Crippen molar-refractivity contribution < 1.29 is 4.79 Å². The van der Waals surface area contributed by atoms with Crippen molar-refractivity contribution in [1.29, 1.82) is 0 Å². The number of nitrogens with zero attached hydrogens (tertiary/aromatic N) is 2. The summed E-state index contributed by atoms with van der Waals surface area (Å²) in [5, 5.41) is 0.439. The summed E-state index contributed by atoms with van der Waals surface area (Å²) in [6.45, 7) is 7.75. The second-order valence-electron chi connectivity index (χ2n) is 5.28. The summed E-state index contributed by atoms with van der Waals surface area (Å²) in [4.78, 5) is 27.0. The summed E-state index contributed by atoms with van der Waals surface area (Å²) in [5.41, 5.74) is 7.11. The van der Waals surface area contributed by atoms with E-state index in [4.69, 9.17) is 5.73 Å². The zero-order valence-electron chi connectivity index (χ0n) is 13.4. The first-order valence-corrected chi connectivity index (χ1v) is 7.76. The Balaban J connectivity index is 2.75. The first-order chi connectivity index (χ1) is 10.5. The summed E-state index contributed by atoms with van der Waals surface area (Å²) < 4.78 is 1.95. The summed E-state index contributed by atoms with van der Waals surface area (Å²) in [6, 6.07) is 5.40. The van der Waals surface area contributed by atoms with Crippen molar-refractivity contribution in [3.8, 4) is 0 Å². The van der Waals surface area contributed by atoms with Gasteiger partial charge in [0, 0.05) is 31.5 Å². The molecule has 5 nitrogen and oxygen atoms in total. The topological polar surface area (TPSA) is 68.3 Å². The van der Waals surface area contributed by atoms with Gasteiger partial charge < -0.3 is 15.2 Å². The van der Waals surface area contributed by atoms with Gasteiger partial charge in [-0.15, -0.1) is 0 Å². The molecule has 2 N–H and O–H groups in total. The Morgan fingerprint density at radius 3 is 2.50 bits per heavy atom. The minimum atomic E-state index is -0.280. The number of amides is 1. The fraction of sp³-hybridized carbons (Fsp3) is 0.412. The number of rotatable bonds is 5. The number of benzene rings is 1. The van der Waals surface area contributed by atoms with Gasteiger partial charge >= 0.3 is 0 Å². The highest BCUT2D eigenvalue weighted by molar-refractivity contribution is 6.00. The van der Waals surface area contributed by atoms with Gasteiger partial charge in [-0.1, -0.05) is 13.0 Å². The third kappa shape index (κ3) is 2.71. The monoisotopic (exact) mass is 301 g/mol. The van der Waals surface area contributed by atoms with Crippen molar-refractivity contribution in [2.75, 3.05) is 18.8 Å². The van der Waals surface area contributed by atoms with Crippen LogP contribution in [-0.4, -0.2) is 28.5 Å². The van der Waals surface area contributed by atoms with E-state index in [2.05, 4.69) is 6.92 Å². The molecule has 0 saturated heterocycles. The minimum absolute atomic E-state index is 0.197. The van der Waals surface area contributed by atoms with E-state index < -0.39 is 0 Å². The van der Waals surface area contributed by atoms with Crippen LogP contribution in [-0.2, 0) is 6.54 Å². The Bertz CT molecular complexity index is 745. The molecule has 0 bridgehead atoms. The average Bonchev–Trinajstić information content (AvgIpc) is 2.51. The molecule has 0 unspecified atom stereocenters. The summed E-state index contributed by atoms with van der Waals surface area (Å²) in [7, 11) is 0. The molecule has 0 atom stereocenters. The summed E-state index contributed by atoms with van der Waals surface area (Å²) in [6.07, 6.45) is 2.58. The molecule has 1 aromatic carbocycles. The van der Waals surface area contributed by atoms with Gasteiger partial charge in [0.2, 0.25) is 5.43 Å². The van der Waals surface area contributed by atoms with Gasteiger partial charge in [0.05, 0.1) is 10.9 Å². The fourth-order valence-electron chi connectivity index (χ4n) is 2.72. The molecule has 5 heteroatoms. The SMILES string of the molecule is CCCn1cc(C(=O)N(CC)CC)c(=O)c2c(N)cccc21. The van der Waals surface area contributed by atoms with Crippen LogP contribution in [0.5, 0.6) is 0 Å². The molecule has 118 valence electrons. The second-order valence-corrected chi connectivity index (χ2v) is 5.28. The van der Waals surface area contributed by atoms with Crippen molar-refractivity contribution >= 4 is 22.5 Å². The predicted octanol–water partition coefficient (Wildman–Crippen LogP) is 2.48. The highest BCUT2D eigenvalue weighted by Gasteiger charge is 2.20. The Kier molecular flexibility index (Phi) is 4.85. The lowest BCUT2D eigenvalue weighted by atomic mass is 10.1. The van der Waals surface area contributed by atoms with Crippen LogP contribution in [0.2, 0.25) is 0 Å². The van der Waals surface area contributed by atoms with Crippen molar-refractivity contribution in [2.24, 2.45) is 0 Å². The number of pyridine rings is 1. The van der Waals surface area contributed by atoms with Crippen molar-refractivity contribution in [3.63, 3.8) is 0 Å². The molecular formula is C17H23N3O2. The van der Waals surface area contributed by atoms with E-state index in [1.54, 1.807) is 17.2 Å². The van der Waals surface area contributed by atoms with E-state index in [-0.39, 0.29) is 16.9 Å². The van der Waals surface area contributed by atoms with Crippen molar-refractivity contribution in [2.45, 2.75) is 33.7 Å². The molecule has 1 amide bonds. The first-order valence-electron chi connectivity index (χ1n) is 7.76. The Morgan fingerprint density at radius 1 is 1.23 bits per heavy atom. The molecule has 1 aromatic heterocycles. The molecule has 0 aliphatic carbocycles. The second kappa shape index (κ2) is 6.64. The van der Waals surface area contributed by atoms with Gasteiger partial charge in [0.25, 0.3) is 5.91 Å². The maximum absolute atomic E-state index is 12.7. The molecule has 2 rings (SSSR count). The van der Waals surface area contributed by atoms with Gasteiger partial charge in [-0.05, 0) is 32.4 Å². The number of hydrogen-bond acceptors (Lipinski definition) is 3. The van der Waals surface area contributed by atoms with E-state index in [1.165, 1.54) is 0 Å². The number of carbonyl (C=O) groups excluding carboxylic acids is 1. The number of aryl methyl sites for hydroxylation is 1. The quantitative estimate of drug-likeness (QED) is 0.863. The predicted molar refractivity (Wildman–Crippen MR) is 90.2 cm³/mol. The first kappa shape index (κ1) is 16.1. The van der Waals surface area contributed by atoms with Crippen LogP contribution < -0.4 is 11.2 Å². The molecule has 0 radical (unpaired) electrons. The molecule has 0 fully saturated rings. The Labute approximate surface area is 130 Å². The largest absolute Gasteiger partial charge is 0.398 e. The van der Waals surface area contributed by atoms with Crippen molar-refractivity contribution in [3.05, 3.63) is 40.2 Å². The standard InChI is InChI=1S/C17H23N3O2/c1-4-10-20-11-12(17(22)19(5-2)6-3)16(21)15-13(18)8-7-9-14(15)20/h7-9,11H,4-6,10,18H2,1-3H3. The number of carbonyl (C=O) groups is 1. The van der Waals surface area contributed by atoms with E-state index >= 15 is 0 Å². The summed E-state index contributed by atoms with van der Waals surface area (Å²) in [5.74, 6) is -0.231. The van der Waals surface area contributed by atoms with Crippen LogP contribution in [0, 0.1) is 0 Å². The highest BCUT2D eigenvalue weighted by Crippen LogP contribution is 2.19. The van der Waals surface area contributed by atoms with Crippen LogP contribution >= 0.6 is 0 Å². The molecule has 22 heavy (non-hydrogen) atoms. The number of nitrogen functional groups attached to an aromatic ring is 1. The summed E-state index contributed by atoms with van der Waals surface area (Å²) >= 11 is 0. The van der Waals surface area contributed by atoms with Gasteiger partial charge in [-0.2, -0.15) is 0 Å². The zero-order chi connectivity index (χ0) is 16.3. The maximum Gasteiger partial charge on any atom is 0.259 e. The highest BCUT2D eigenvalue weighted by atomic mass is 16.2. The molecule has 0 saturated carbocycles. The maximum atomic E-state index is 12.7. The molecular weight excluding hydrogens is 278 g/mol. The average molecular weight is 301 g/mol. The number of anilines is 1. The lowest BCUT2D eigenvalue weighted by molar-refractivity contribution is 0.0771. The van der Waals surface area contributed by atoms with Gasteiger partial charge in [0.15, 0.2) is 0 Å². The van der Waals surface area contributed by atoms with Crippen LogP contribution in [0.15, 0.2) is 29.2 Å². The Hall–Kier alpha value is -2.30. The third-order valence-electron chi connectivity index (χ3n) is 3.89. The van der Waals surface area contributed by atoms with E-state index in [0.29, 0.717) is 24.2 Å². The third-order valence-corrected chi connectivity index (χ3v) is 3.89. The number of hydrogen-bond donors (Lipinski definition) is 1. The molecule has 2 aromatic rings. The number of aromatic nitrogens is 1. The van der Waals surface area contributed by atoms with E-state index in [1.807, 2.05) is 30.5 Å². The van der Waals surface area contributed by atoms with Crippen LogP contribution in [0.1, 0.15) is 37.6 Å². The molecule has 0 aliphatic rings. The molecule has 0 spiro atoms. The van der Waals surface area contributed by atoms with Gasteiger partial charge in [-0.25, -0.2) is 0 Å². The van der Waals surface area contributed by atoms with Crippen LogP contribution in [0.3, 0.4) is 0 Å². The van der Waals surface area contributed by atoms with E-state index in [9.17, 15) is 9.59 Å². The molecule has 0 aliphatic heterocycles. The fourth-order valence-corrected chi connectivity index (χ4v) is 2.72.